The van der Waals surface area contributed by atoms with E-state index in [9.17, 15) is 4.79 Å². The van der Waals surface area contributed by atoms with Crippen LogP contribution in [0.1, 0.15) is 27.0 Å². The van der Waals surface area contributed by atoms with Gasteiger partial charge < -0.3 is 5.32 Å². The molecule has 0 saturated heterocycles. The highest BCUT2D eigenvalue weighted by Crippen LogP contribution is 2.06. The van der Waals surface area contributed by atoms with Crippen molar-refractivity contribution in [3.63, 3.8) is 0 Å². The number of aryl methyl sites for hydroxylation is 1. The number of nitrogens with one attached hydrogen (secondary N) is 1. The fraction of sp³-hybridized carbons (Fsp3) is 0.176. The van der Waals surface area contributed by atoms with Gasteiger partial charge in [0, 0.05) is 12.1 Å². The molecule has 0 aromatic heterocycles. The molecule has 20 heavy (non-hydrogen) atoms. The summed E-state index contributed by atoms with van der Waals surface area (Å²) in [6.45, 7) is 2.63. The third kappa shape index (κ3) is 3.69. The summed E-state index contributed by atoms with van der Waals surface area (Å²) in [5.41, 5.74) is 3.44. The number of carbonyl (C=O) groups is 1. The SMILES string of the molecule is Cc1cccc(CCNC(=O)c2cccc(C#N)c2)c1. The second-order valence-electron chi connectivity index (χ2n) is 4.69. The minimum Gasteiger partial charge on any atom is -0.352 e. The lowest BCUT2D eigenvalue weighted by molar-refractivity contribution is 0.0954. The summed E-state index contributed by atoms with van der Waals surface area (Å²) in [6.07, 6.45) is 0.797. The fourth-order valence-corrected chi connectivity index (χ4v) is 2.02. The largest absolute Gasteiger partial charge is 0.352 e. The second-order valence-corrected chi connectivity index (χ2v) is 4.69. The van der Waals surface area contributed by atoms with Crippen LogP contribution < -0.4 is 5.32 Å². The van der Waals surface area contributed by atoms with Crippen molar-refractivity contribution in [1.29, 1.82) is 5.26 Å². The van der Waals surface area contributed by atoms with Gasteiger partial charge >= 0.3 is 0 Å². The Labute approximate surface area is 118 Å². The van der Waals surface area contributed by atoms with E-state index in [1.807, 2.05) is 12.1 Å². The van der Waals surface area contributed by atoms with Crippen LogP contribution in [0.5, 0.6) is 0 Å². The van der Waals surface area contributed by atoms with Crippen molar-refractivity contribution in [2.45, 2.75) is 13.3 Å². The molecular weight excluding hydrogens is 248 g/mol. The van der Waals surface area contributed by atoms with E-state index in [0.29, 0.717) is 17.7 Å². The van der Waals surface area contributed by atoms with Crippen molar-refractivity contribution in [2.75, 3.05) is 6.54 Å². The highest BCUT2D eigenvalue weighted by molar-refractivity contribution is 5.94. The van der Waals surface area contributed by atoms with Crippen LogP contribution in [-0.4, -0.2) is 12.5 Å². The molecule has 0 aliphatic heterocycles. The molecule has 100 valence electrons. The molecule has 3 heteroatoms. The molecule has 1 N–H and O–H groups in total. The van der Waals surface area contributed by atoms with Gasteiger partial charge in [-0.25, -0.2) is 0 Å². The minimum absolute atomic E-state index is 0.144. The molecule has 3 nitrogen and oxygen atoms in total. The number of hydrogen-bond acceptors (Lipinski definition) is 2. The average molecular weight is 264 g/mol. The number of rotatable bonds is 4. The van der Waals surface area contributed by atoms with E-state index in [0.717, 1.165) is 6.42 Å². The summed E-state index contributed by atoms with van der Waals surface area (Å²) in [6, 6.07) is 17.0. The Morgan fingerprint density at radius 2 is 2.00 bits per heavy atom. The molecule has 0 aliphatic rings. The summed E-state index contributed by atoms with van der Waals surface area (Å²) >= 11 is 0. The van der Waals surface area contributed by atoms with Gasteiger partial charge in [0.25, 0.3) is 5.91 Å². The summed E-state index contributed by atoms with van der Waals surface area (Å²) < 4.78 is 0. The summed E-state index contributed by atoms with van der Waals surface area (Å²) in [5, 5.41) is 11.7. The Balaban J connectivity index is 1.91. The molecule has 0 radical (unpaired) electrons. The number of nitrogens with zero attached hydrogens (tertiary/aromatic N) is 1. The highest BCUT2D eigenvalue weighted by atomic mass is 16.1. The number of amides is 1. The first-order valence-corrected chi connectivity index (χ1v) is 6.53. The lowest BCUT2D eigenvalue weighted by Gasteiger charge is -2.06. The van der Waals surface area contributed by atoms with Crippen LogP contribution in [0.15, 0.2) is 48.5 Å². The van der Waals surface area contributed by atoms with Crippen molar-refractivity contribution in [3.8, 4) is 6.07 Å². The van der Waals surface area contributed by atoms with Gasteiger partial charge in [-0.3, -0.25) is 4.79 Å². The van der Waals surface area contributed by atoms with Gasteiger partial charge in [0.15, 0.2) is 0 Å². The second kappa shape index (κ2) is 6.53. The molecular formula is C17H16N2O. The monoisotopic (exact) mass is 264 g/mol. The fourth-order valence-electron chi connectivity index (χ4n) is 2.02. The molecule has 0 heterocycles. The van der Waals surface area contributed by atoms with E-state index in [2.05, 4.69) is 30.4 Å². The maximum atomic E-state index is 11.9. The topological polar surface area (TPSA) is 52.9 Å². The van der Waals surface area contributed by atoms with Crippen molar-refractivity contribution in [3.05, 3.63) is 70.8 Å². The van der Waals surface area contributed by atoms with E-state index in [1.54, 1.807) is 24.3 Å². The normalized spacial score (nSPS) is 9.80. The molecule has 0 atom stereocenters. The van der Waals surface area contributed by atoms with Gasteiger partial charge in [-0.15, -0.1) is 0 Å². The Bertz CT molecular complexity index is 656. The van der Waals surface area contributed by atoms with Crippen LogP contribution in [-0.2, 0) is 6.42 Å². The first kappa shape index (κ1) is 13.8. The van der Waals surface area contributed by atoms with Crippen LogP contribution >= 0.6 is 0 Å². The van der Waals surface area contributed by atoms with Gasteiger partial charge in [0.1, 0.15) is 0 Å². The quantitative estimate of drug-likeness (QED) is 0.923. The minimum atomic E-state index is -0.144. The molecule has 2 aromatic rings. The zero-order chi connectivity index (χ0) is 14.4. The zero-order valence-corrected chi connectivity index (χ0v) is 11.4. The van der Waals surface area contributed by atoms with Gasteiger partial charge in [-0.05, 0) is 37.1 Å². The van der Waals surface area contributed by atoms with Crippen LogP contribution in [0.25, 0.3) is 0 Å². The molecule has 2 rings (SSSR count). The van der Waals surface area contributed by atoms with E-state index < -0.39 is 0 Å². The maximum absolute atomic E-state index is 11.9. The number of benzene rings is 2. The standard InChI is InChI=1S/C17H16N2O/c1-13-4-2-5-14(10-13)8-9-19-17(20)16-7-3-6-15(11-16)12-18/h2-7,10-11H,8-9H2,1H3,(H,19,20). The predicted octanol–water partition coefficient (Wildman–Crippen LogP) is 2.84. The van der Waals surface area contributed by atoms with Gasteiger partial charge in [0.05, 0.1) is 11.6 Å². The molecule has 0 unspecified atom stereocenters. The Kier molecular flexibility index (Phi) is 4.52. The Hall–Kier alpha value is -2.60. The van der Waals surface area contributed by atoms with Crippen LogP contribution in [0.4, 0.5) is 0 Å². The first-order chi connectivity index (χ1) is 9.69. The third-order valence-corrected chi connectivity index (χ3v) is 3.04. The number of carbonyl (C=O) groups excluding carboxylic acids is 1. The smallest absolute Gasteiger partial charge is 0.251 e. The van der Waals surface area contributed by atoms with Gasteiger partial charge in [-0.2, -0.15) is 5.26 Å². The highest BCUT2D eigenvalue weighted by Gasteiger charge is 2.05. The average Bonchev–Trinajstić information content (AvgIpc) is 2.47. The molecule has 2 aromatic carbocycles. The van der Waals surface area contributed by atoms with Crippen molar-refractivity contribution in [2.24, 2.45) is 0 Å². The maximum Gasteiger partial charge on any atom is 0.251 e. The lowest BCUT2D eigenvalue weighted by Crippen LogP contribution is -2.25. The predicted molar refractivity (Wildman–Crippen MR) is 78.4 cm³/mol. The Morgan fingerprint density at radius 1 is 1.20 bits per heavy atom. The Morgan fingerprint density at radius 3 is 2.75 bits per heavy atom. The molecule has 0 aliphatic carbocycles. The molecule has 0 spiro atoms. The molecule has 0 saturated carbocycles. The zero-order valence-electron chi connectivity index (χ0n) is 11.4. The van der Waals surface area contributed by atoms with Crippen molar-refractivity contribution < 1.29 is 4.79 Å². The van der Waals surface area contributed by atoms with E-state index in [4.69, 9.17) is 5.26 Å². The molecule has 1 amide bonds. The number of hydrogen-bond donors (Lipinski definition) is 1. The van der Waals surface area contributed by atoms with E-state index in [1.165, 1.54) is 11.1 Å². The van der Waals surface area contributed by atoms with Gasteiger partial charge in [0.2, 0.25) is 0 Å². The van der Waals surface area contributed by atoms with Crippen molar-refractivity contribution in [1.82, 2.24) is 5.32 Å². The number of nitriles is 1. The van der Waals surface area contributed by atoms with Crippen LogP contribution in [0.2, 0.25) is 0 Å². The van der Waals surface area contributed by atoms with Gasteiger partial charge in [-0.1, -0.05) is 35.9 Å². The van der Waals surface area contributed by atoms with Crippen LogP contribution in [0, 0.1) is 18.3 Å². The van der Waals surface area contributed by atoms with E-state index >= 15 is 0 Å². The first-order valence-electron chi connectivity index (χ1n) is 6.53. The third-order valence-electron chi connectivity index (χ3n) is 3.04. The summed E-state index contributed by atoms with van der Waals surface area (Å²) in [5.74, 6) is -0.144. The summed E-state index contributed by atoms with van der Waals surface area (Å²) in [7, 11) is 0. The summed E-state index contributed by atoms with van der Waals surface area (Å²) in [4.78, 5) is 11.9. The molecule has 0 bridgehead atoms. The van der Waals surface area contributed by atoms with E-state index in [-0.39, 0.29) is 5.91 Å². The molecule has 0 fully saturated rings. The van der Waals surface area contributed by atoms with Crippen molar-refractivity contribution >= 4 is 5.91 Å². The van der Waals surface area contributed by atoms with Crippen LogP contribution in [0.3, 0.4) is 0 Å². The lowest BCUT2D eigenvalue weighted by atomic mass is 10.1.